The molecule has 0 aliphatic rings. The van der Waals surface area contributed by atoms with Crippen LogP contribution in [0.15, 0.2) is 107 Å². The molecule has 0 aromatic heterocycles. The van der Waals surface area contributed by atoms with Crippen molar-refractivity contribution < 1.29 is 17.9 Å². The molecule has 4 aromatic rings. The highest BCUT2D eigenvalue weighted by atomic mass is 32.2. The Labute approximate surface area is 189 Å². The number of aryl methyl sites for hydroxylation is 1. The summed E-state index contributed by atoms with van der Waals surface area (Å²) in [5, 5.41) is 0. The Balaban J connectivity index is 1.47. The van der Waals surface area contributed by atoms with Gasteiger partial charge in [-0.15, -0.1) is 0 Å². The van der Waals surface area contributed by atoms with E-state index in [1.165, 1.54) is 0 Å². The predicted octanol–water partition coefficient (Wildman–Crippen LogP) is 6.55. The normalized spacial score (nSPS) is 11.2. The summed E-state index contributed by atoms with van der Waals surface area (Å²) in [6, 6.07) is 29.1. The molecule has 0 spiro atoms. The van der Waals surface area contributed by atoms with Gasteiger partial charge in [0.15, 0.2) is 0 Å². The van der Waals surface area contributed by atoms with E-state index >= 15 is 0 Å². The third kappa shape index (κ3) is 4.68. The molecule has 4 aromatic carbocycles. The van der Waals surface area contributed by atoms with Crippen molar-refractivity contribution in [3.63, 3.8) is 0 Å². The lowest BCUT2D eigenvalue weighted by atomic mass is 10.1. The van der Waals surface area contributed by atoms with Gasteiger partial charge in [0.05, 0.1) is 16.9 Å². The zero-order chi connectivity index (χ0) is 22.6. The van der Waals surface area contributed by atoms with Crippen LogP contribution < -0.4 is 9.47 Å². The Hall–Kier alpha value is -3.57. The summed E-state index contributed by atoms with van der Waals surface area (Å²) in [5.74, 6) is 2.06. The van der Waals surface area contributed by atoms with E-state index < -0.39 is 9.84 Å². The number of rotatable bonds is 7. The quantitative estimate of drug-likeness (QED) is 0.324. The lowest BCUT2D eigenvalue weighted by Gasteiger charge is -2.09. The molecular weight excluding hydrogens is 420 g/mol. The van der Waals surface area contributed by atoms with Crippen LogP contribution in [0, 0.1) is 0 Å². The third-order valence-corrected chi connectivity index (χ3v) is 7.07. The molecule has 162 valence electrons. The highest BCUT2D eigenvalue weighted by molar-refractivity contribution is 7.91. The highest BCUT2D eigenvalue weighted by Gasteiger charge is 2.17. The van der Waals surface area contributed by atoms with Crippen LogP contribution in [0.4, 0.5) is 0 Å². The molecule has 32 heavy (non-hydrogen) atoms. The SMILES string of the molecule is CCc1ccc(S(=O)(=O)c2ccc(Oc3ccc(-c4ccc(OC)cc4)cc3)cc2)cc1. The molecule has 0 N–H and O–H groups in total. The lowest BCUT2D eigenvalue weighted by Crippen LogP contribution is -2.02. The van der Waals surface area contributed by atoms with Crippen LogP contribution in [0.5, 0.6) is 17.2 Å². The van der Waals surface area contributed by atoms with E-state index in [1.54, 1.807) is 43.5 Å². The Bertz CT molecular complexity index is 1270. The third-order valence-electron chi connectivity index (χ3n) is 5.29. The first-order valence-corrected chi connectivity index (χ1v) is 11.8. The number of hydrogen-bond donors (Lipinski definition) is 0. The van der Waals surface area contributed by atoms with E-state index in [0.29, 0.717) is 11.5 Å². The zero-order valence-electron chi connectivity index (χ0n) is 18.0. The fourth-order valence-electron chi connectivity index (χ4n) is 3.36. The van der Waals surface area contributed by atoms with Crippen LogP contribution >= 0.6 is 0 Å². The second-order valence-corrected chi connectivity index (χ2v) is 9.28. The molecule has 5 heteroatoms. The van der Waals surface area contributed by atoms with Crippen molar-refractivity contribution >= 4 is 9.84 Å². The first-order valence-electron chi connectivity index (χ1n) is 10.4. The summed E-state index contributed by atoms with van der Waals surface area (Å²) in [5.41, 5.74) is 3.25. The standard InChI is InChI=1S/C27H24O4S/c1-3-20-4-16-26(17-5-20)32(28,29)27-18-14-25(15-19-27)31-24-12-8-22(9-13-24)21-6-10-23(30-2)11-7-21/h4-19H,3H2,1-2H3. The first kappa shape index (κ1) is 21.7. The van der Waals surface area contributed by atoms with E-state index in [9.17, 15) is 8.42 Å². The van der Waals surface area contributed by atoms with Gasteiger partial charge in [-0.05, 0) is 83.8 Å². The minimum absolute atomic E-state index is 0.240. The van der Waals surface area contributed by atoms with Crippen molar-refractivity contribution in [3.8, 4) is 28.4 Å². The van der Waals surface area contributed by atoms with E-state index in [2.05, 4.69) is 0 Å². The molecule has 0 radical (unpaired) electrons. The average molecular weight is 445 g/mol. The molecule has 0 saturated carbocycles. The zero-order valence-corrected chi connectivity index (χ0v) is 18.8. The van der Waals surface area contributed by atoms with Gasteiger partial charge in [0.2, 0.25) is 9.84 Å². The van der Waals surface area contributed by atoms with Crippen LogP contribution in [0.1, 0.15) is 12.5 Å². The summed E-state index contributed by atoms with van der Waals surface area (Å²) >= 11 is 0. The van der Waals surface area contributed by atoms with Gasteiger partial charge in [0, 0.05) is 0 Å². The Morgan fingerprint density at radius 2 is 1.00 bits per heavy atom. The van der Waals surface area contributed by atoms with Gasteiger partial charge >= 0.3 is 0 Å². The average Bonchev–Trinajstić information content (AvgIpc) is 2.85. The fraction of sp³-hybridized carbons (Fsp3) is 0.111. The van der Waals surface area contributed by atoms with Crippen LogP contribution in [0.25, 0.3) is 11.1 Å². The second kappa shape index (κ2) is 9.28. The Morgan fingerprint density at radius 3 is 1.44 bits per heavy atom. The van der Waals surface area contributed by atoms with Crippen molar-refractivity contribution in [2.24, 2.45) is 0 Å². The van der Waals surface area contributed by atoms with Gasteiger partial charge in [-0.2, -0.15) is 0 Å². The highest BCUT2D eigenvalue weighted by Crippen LogP contribution is 2.29. The molecule has 0 bridgehead atoms. The summed E-state index contributed by atoms with van der Waals surface area (Å²) in [7, 11) is -1.91. The molecule has 0 atom stereocenters. The van der Waals surface area contributed by atoms with Crippen molar-refractivity contribution in [2.45, 2.75) is 23.1 Å². The van der Waals surface area contributed by atoms with Gasteiger partial charge in [-0.1, -0.05) is 43.3 Å². The molecular formula is C27H24O4S. The summed E-state index contributed by atoms with van der Waals surface area (Å²) in [6.45, 7) is 2.04. The predicted molar refractivity (Wildman–Crippen MR) is 126 cm³/mol. The number of ether oxygens (including phenoxy) is 2. The van der Waals surface area contributed by atoms with Gasteiger partial charge in [0.25, 0.3) is 0 Å². The maximum absolute atomic E-state index is 12.9. The summed E-state index contributed by atoms with van der Waals surface area (Å²) in [6.07, 6.45) is 0.868. The van der Waals surface area contributed by atoms with E-state index in [-0.39, 0.29) is 9.79 Å². The molecule has 0 heterocycles. The van der Waals surface area contributed by atoms with Crippen LogP contribution in [0.3, 0.4) is 0 Å². The van der Waals surface area contributed by atoms with Crippen molar-refractivity contribution in [1.29, 1.82) is 0 Å². The minimum atomic E-state index is -3.56. The van der Waals surface area contributed by atoms with Crippen LogP contribution in [-0.4, -0.2) is 15.5 Å². The largest absolute Gasteiger partial charge is 0.497 e. The van der Waals surface area contributed by atoms with Gasteiger partial charge < -0.3 is 9.47 Å². The fourth-order valence-corrected chi connectivity index (χ4v) is 4.62. The maximum Gasteiger partial charge on any atom is 0.206 e. The van der Waals surface area contributed by atoms with E-state index in [4.69, 9.17) is 9.47 Å². The summed E-state index contributed by atoms with van der Waals surface area (Å²) in [4.78, 5) is 0.529. The van der Waals surface area contributed by atoms with Crippen LogP contribution in [0.2, 0.25) is 0 Å². The van der Waals surface area contributed by atoms with Gasteiger partial charge in [-0.3, -0.25) is 0 Å². The van der Waals surface area contributed by atoms with Gasteiger partial charge in [-0.25, -0.2) is 8.42 Å². The second-order valence-electron chi connectivity index (χ2n) is 7.33. The molecule has 0 aliphatic carbocycles. The number of methoxy groups -OCH3 is 1. The molecule has 0 amide bonds. The van der Waals surface area contributed by atoms with Crippen molar-refractivity contribution in [3.05, 3.63) is 103 Å². The monoisotopic (exact) mass is 444 g/mol. The minimum Gasteiger partial charge on any atom is -0.497 e. The van der Waals surface area contributed by atoms with Crippen molar-refractivity contribution in [2.75, 3.05) is 7.11 Å². The van der Waals surface area contributed by atoms with Crippen LogP contribution in [-0.2, 0) is 16.3 Å². The summed E-state index contributed by atoms with van der Waals surface area (Å²) < 4.78 is 36.8. The molecule has 0 saturated heterocycles. The number of hydrogen-bond acceptors (Lipinski definition) is 4. The lowest BCUT2D eigenvalue weighted by molar-refractivity contribution is 0.415. The molecule has 0 unspecified atom stereocenters. The Kier molecular flexibility index (Phi) is 6.28. The smallest absolute Gasteiger partial charge is 0.206 e. The van der Waals surface area contributed by atoms with E-state index in [0.717, 1.165) is 28.9 Å². The first-order chi connectivity index (χ1) is 15.5. The van der Waals surface area contributed by atoms with Gasteiger partial charge in [0.1, 0.15) is 17.2 Å². The maximum atomic E-state index is 12.9. The number of benzene rings is 4. The van der Waals surface area contributed by atoms with E-state index in [1.807, 2.05) is 67.6 Å². The topological polar surface area (TPSA) is 52.6 Å². The molecule has 0 fully saturated rings. The molecule has 0 aliphatic heterocycles. The van der Waals surface area contributed by atoms with Crippen molar-refractivity contribution in [1.82, 2.24) is 0 Å². The number of sulfone groups is 1. The molecule has 4 rings (SSSR count). The molecule has 4 nitrogen and oxygen atoms in total. The Morgan fingerprint density at radius 1 is 0.594 bits per heavy atom.